The number of carbonyl (C=O) groups is 1. The van der Waals surface area contributed by atoms with E-state index in [0.29, 0.717) is 0 Å². The third-order valence-corrected chi connectivity index (χ3v) is 2.84. The van der Waals surface area contributed by atoms with Crippen LogP contribution in [0.5, 0.6) is 0 Å². The molecule has 1 aromatic rings. The molecule has 0 aliphatic carbocycles. The second-order valence-corrected chi connectivity index (χ2v) is 3.79. The molecule has 1 aliphatic rings. The molecule has 2 rings (SSSR count). The van der Waals surface area contributed by atoms with Gasteiger partial charge in [-0.2, -0.15) is 11.3 Å². The van der Waals surface area contributed by atoms with Crippen LogP contribution in [0.15, 0.2) is 16.8 Å². The molecule has 1 amide bonds. The molecule has 0 saturated carbocycles. The fraction of sp³-hybridized carbons (Fsp3) is 0.444. The van der Waals surface area contributed by atoms with Crippen molar-refractivity contribution in [1.29, 1.82) is 0 Å². The summed E-state index contributed by atoms with van der Waals surface area (Å²) < 4.78 is 0. The first-order valence-electron chi connectivity index (χ1n) is 4.19. The molecule has 2 nitrogen and oxygen atoms in total. The predicted molar refractivity (Wildman–Crippen MR) is 49.5 cm³/mol. The Bertz CT molecular complexity index is 262. The van der Waals surface area contributed by atoms with Gasteiger partial charge in [0.25, 0.3) is 5.91 Å². The van der Waals surface area contributed by atoms with Gasteiger partial charge in [-0.3, -0.25) is 4.79 Å². The van der Waals surface area contributed by atoms with Gasteiger partial charge in [0.1, 0.15) is 0 Å². The number of amides is 1. The maximum absolute atomic E-state index is 11.6. The second kappa shape index (κ2) is 3.27. The minimum absolute atomic E-state index is 0.203. The number of hydrogen-bond acceptors (Lipinski definition) is 2. The van der Waals surface area contributed by atoms with Crippen molar-refractivity contribution in [2.24, 2.45) is 0 Å². The minimum Gasteiger partial charge on any atom is -0.339 e. The van der Waals surface area contributed by atoms with Crippen LogP contribution in [0.4, 0.5) is 0 Å². The zero-order chi connectivity index (χ0) is 8.39. The van der Waals surface area contributed by atoms with E-state index in [4.69, 9.17) is 0 Å². The number of thiophene rings is 1. The average molecular weight is 181 g/mol. The van der Waals surface area contributed by atoms with E-state index in [-0.39, 0.29) is 5.91 Å². The molecule has 0 radical (unpaired) electrons. The van der Waals surface area contributed by atoms with Gasteiger partial charge in [0.15, 0.2) is 0 Å². The molecule has 1 fully saturated rings. The first kappa shape index (κ1) is 7.80. The normalized spacial score (nSPS) is 16.8. The summed E-state index contributed by atoms with van der Waals surface area (Å²) in [5, 5.41) is 3.87. The van der Waals surface area contributed by atoms with Gasteiger partial charge in [0.2, 0.25) is 0 Å². The molecule has 64 valence electrons. The molecule has 12 heavy (non-hydrogen) atoms. The number of carbonyl (C=O) groups excluding carboxylic acids is 1. The van der Waals surface area contributed by atoms with Crippen LogP contribution in [0, 0.1) is 0 Å². The highest BCUT2D eigenvalue weighted by atomic mass is 32.1. The minimum atomic E-state index is 0.203. The lowest BCUT2D eigenvalue weighted by Gasteiger charge is -2.13. The number of nitrogens with zero attached hydrogens (tertiary/aromatic N) is 1. The van der Waals surface area contributed by atoms with Crippen LogP contribution in [0.25, 0.3) is 0 Å². The van der Waals surface area contributed by atoms with Crippen molar-refractivity contribution in [2.45, 2.75) is 12.8 Å². The van der Waals surface area contributed by atoms with E-state index in [1.807, 2.05) is 21.7 Å². The summed E-state index contributed by atoms with van der Waals surface area (Å²) >= 11 is 1.58. The summed E-state index contributed by atoms with van der Waals surface area (Å²) in [5.74, 6) is 0.203. The van der Waals surface area contributed by atoms with Crippen molar-refractivity contribution in [2.75, 3.05) is 13.1 Å². The molecule has 0 atom stereocenters. The lowest BCUT2D eigenvalue weighted by atomic mass is 10.3. The number of likely N-dealkylation sites (tertiary alicyclic amines) is 1. The van der Waals surface area contributed by atoms with Crippen molar-refractivity contribution in [1.82, 2.24) is 4.90 Å². The zero-order valence-electron chi connectivity index (χ0n) is 6.82. The van der Waals surface area contributed by atoms with Crippen molar-refractivity contribution in [3.8, 4) is 0 Å². The molecular formula is C9H11NOS. The Kier molecular flexibility index (Phi) is 2.13. The van der Waals surface area contributed by atoms with Gasteiger partial charge in [-0.15, -0.1) is 0 Å². The molecule has 0 spiro atoms. The SMILES string of the molecule is O=C(c1ccsc1)N1CCCC1. The molecule has 1 aliphatic heterocycles. The van der Waals surface area contributed by atoms with Gasteiger partial charge in [-0.1, -0.05) is 0 Å². The lowest BCUT2D eigenvalue weighted by molar-refractivity contribution is 0.0793. The topological polar surface area (TPSA) is 20.3 Å². The van der Waals surface area contributed by atoms with E-state index in [9.17, 15) is 4.79 Å². The average Bonchev–Trinajstić information content (AvgIpc) is 2.77. The third-order valence-electron chi connectivity index (χ3n) is 2.16. The molecule has 0 bridgehead atoms. The monoisotopic (exact) mass is 181 g/mol. The van der Waals surface area contributed by atoms with Crippen LogP contribution in [0.1, 0.15) is 23.2 Å². The summed E-state index contributed by atoms with van der Waals surface area (Å²) in [7, 11) is 0. The smallest absolute Gasteiger partial charge is 0.254 e. The van der Waals surface area contributed by atoms with E-state index in [1.165, 1.54) is 0 Å². The van der Waals surface area contributed by atoms with Crippen LogP contribution in [0.2, 0.25) is 0 Å². The molecule has 0 unspecified atom stereocenters. The Labute approximate surface area is 75.8 Å². The molecule has 0 aromatic carbocycles. The predicted octanol–water partition coefficient (Wildman–Crippen LogP) is 1.98. The fourth-order valence-electron chi connectivity index (χ4n) is 1.49. The summed E-state index contributed by atoms with van der Waals surface area (Å²) in [5.41, 5.74) is 0.849. The zero-order valence-corrected chi connectivity index (χ0v) is 7.64. The van der Waals surface area contributed by atoms with Crippen LogP contribution >= 0.6 is 11.3 Å². The quantitative estimate of drug-likeness (QED) is 0.648. The number of rotatable bonds is 1. The molecular weight excluding hydrogens is 170 g/mol. The van der Waals surface area contributed by atoms with E-state index >= 15 is 0 Å². The first-order chi connectivity index (χ1) is 5.88. The Hall–Kier alpha value is -0.830. The number of hydrogen-bond donors (Lipinski definition) is 0. The fourth-order valence-corrected chi connectivity index (χ4v) is 2.12. The van der Waals surface area contributed by atoms with Gasteiger partial charge in [-0.05, 0) is 24.3 Å². The van der Waals surface area contributed by atoms with Crippen molar-refractivity contribution >= 4 is 17.2 Å². The van der Waals surface area contributed by atoms with Gasteiger partial charge in [0, 0.05) is 18.5 Å². The Balaban J connectivity index is 2.09. The highest BCUT2D eigenvalue weighted by molar-refractivity contribution is 7.08. The second-order valence-electron chi connectivity index (χ2n) is 3.01. The molecule has 3 heteroatoms. The summed E-state index contributed by atoms with van der Waals surface area (Å²) in [6.45, 7) is 1.88. The van der Waals surface area contributed by atoms with Crippen molar-refractivity contribution in [3.63, 3.8) is 0 Å². The van der Waals surface area contributed by atoms with Gasteiger partial charge < -0.3 is 4.90 Å². The first-order valence-corrected chi connectivity index (χ1v) is 5.14. The van der Waals surface area contributed by atoms with E-state index in [2.05, 4.69) is 0 Å². The standard InChI is InChI=1S/C9H11NOS/c11-9(8-3-6-12-7-8)10-4-1-2-5-10/h3,6-7H,1-2,4-5H2. The largest absolute Gasteiger partial charge is 0.339 e. The Morgan fingerprint density at radius 3 is 2.75 bits per heavy atom. The van der Waals surface area contributed by atoms with Crippen molar-refractivity contribution < 1.29 is 4.79 Å². The molecule has 1 saturated heterocycles. The van der Waals surface area contributed by atoms with Gasteiger partial charge in [-0.25, -0.2) is 0 Å². The van der Waals surface area contributed by atoms with Crippen LogP contribution in [-0.4, -0.2) is 23.9 Å². The van der Waals surface area contributed by atoms with E-state index in [1.54, 1.807) is 11.3 Å². The van der Waals surface area contributed by atoms with Gasteiger partial charge in [0.05, 0.1) is 5.56 Å². The highest BCUT2D eigenvalue weighted by Gasteiger charge is 2.18. The summed E-state index contributed by atoms with van der Waals surface area (Å²) in [6, 6.07) is 1.89. The highest BCUT2D eigenvalue weighted by Crippen LogP contribution is 2.14. The van der Waals surface area contributed by atoms with Crippen LogP contribution < -0.4 is 0 Å². The van der Waals surface area contributed by atoms with Crippen LogP contribution in [0.3, 0.4) is 0 Å². The Morgan fingerprint density at radius 2 is 2.17 bits per heavy atom. The maximum atomic E-state index is 11.6. The molecule has 1 aromatic heterocycles. The molecule has 0 N–H and O–H groups in total. The van der Waals surface area contributed by atoms with E-state index in [0.717, 1.165) is 31.5 Å². The summed E-state index contributed by atoms with van der Waals surface area (Å²) in [4.78, 5) is 13.6. The molecule has 2 heterocycles. The van der Waals surface area contributed by atoms with Gasteiger partial charge >= 0.3 is 0 Å². The van der Waals surface area contributed by atoms with E-state index < -0.39 is 0 Å². The lowest BCUT2D eigenvalue weighted by Crippen LogP contribution is -2.27. The Morgan fingerprint density at radius 1 is 1.42 bits per heavy atom. The van der Waals surface area contributed by atoms with Crippen molar-refractivity contribution in [3.05, 3.63) is 22.4 Å². The maximum Gasteiger partial charge on any atom is 0.254 e. The van der Waals surface area contributed by atoms with Crippen LogP contribution in [-0.2, 0) is 0 Å². The summed E-state index contributed by atoms with van der Waals surface area (Å²) in [6.07, 6.45) is 2.33. The third kappa shape index (κ3) is 1.37.